The molecule has 0 saturated heterocycles. The maximum absolute atomic E-state index is 13.2. The third kappa shape index (κ3) is 3.33. The van der Waals surface area contributed by atoms with Crippen molar-refractivity contribution in [3.05, 3.63) is 58.4 Å². The Balaban J connectivity index is 2.28. The van der Waals surface area contributed by atoms with Crippen molar-refractivity contribution in [1.82, 2.24) is 0 Å². The monoisotopic (exact) mass is 297 g/mol. The minimum Gasteiger partial charge on any atom is -0.398 e. The minimum atomic E-state index is -1.42. The number of halogens is 2. The van der Waals surface area contributed by atoms with E-state index in [-0.39, 0.29) is 5.75 Å². The summed E-state index contributed by atoms with van der Waals surface area (Å²) in [5, 5.41) is 0.559. The number of nitrogens with two attached hydrogens (primary N) is 1. The normalized spacial score (nSPS) is 12.4. The molecule has 0 heterocycles. The molecule has 2 rings (SSSR count). The van der Waals surface area contributed by atoms with Gasteiger partial charge in [-0.15, -0.1) is 0 Å². The van der Waals surface area contributed by atoms with Gasteiger partial charge in [0, 0.05) is 10.7 Å². The van der Waals surface area contributed by atoms with Crippen molar-refractivity contribution in [1.29, 1.82) is 0 Å². The molecule has 0 saturated carbocycles. The average molecular weight is 298 g/mol. The van der Waals surface area contributed by atoms with E-state index in [9.17, 15) is 8.60 Å². The van der Waals surface area contributed by atoms with E-state index >= 15 is 0 Å². The maximum Gasteiger partial charge on any atom is 0.124 e. The highest BCUT2D eigenvalue weighted by Gasteiger charge is 2.12. The molecule has 0 aliphatic rings. The molecule has 19 heavy (non-hydrogen) atoms. The van der Waals surface area contributed by atoms with Crippen LogP contribution in [-0.2, 0) is 16.6 Å². The molecule has 0 fully saturated rings. The lowest BCUT2D eigenvalue weighted by Crippen LogP contribution is -2.02. The van der Waals surface area contributed by atoms with Crippen molar-refractivity contribution >= 4 is 28.1 Å². The van der Waals surface area contributed by atoms with Crippen LogP contribution >= 0.6 is 11.6 Å². The van der Waals surface area contributed by atoms with Gasteiger partial charge in [-0.25, -0.2) is 4.39 Å². The largest absolute Gasteiger partial charge is 0.398 e. The smallest absolute Gasteiger partial charge is 0.124 e. The maximum atomic E-state index is 13.2. The Morgan fingerprint density at radius 3 is 2.68 bits per heavy atom. The summed E-state index contributed by atoms with van der Waals surface area (Å²) in [5.41, 5.74) is 7.83. The highest BCUT2D eigenvalue weighted by atomic mass is 35.5. The SMILES string of the molecule is Cc1ccc(CS(=O)c2cc(F)ccc2N)c(Cl)c1. The van der Waals surface area contributed by atoms with Gasteiger partial charge < -0.3 is 5.73 Å². The Morgan fingerprint density at radius 1 is 1.26 bits per heavy atom. The number of nitrogen functional groups attached to an aromatic ring is 1. The summed E-state index contributed by atoms with van der Waals surface area (Å²) in [4.78, 5) is 0.302. The quantitative estimate of drug-likeness (QED) is 0.878. The average Bonchev–Trinajstić information content (AvgIpc) is 2.35. The van der Waals surface area contributed by atoms with Crippen LogP contribution in [0.1, 0.15) is 11.1 Å². The molecule has 1 unspecified atom stereocenters. The standard InChI is InChI=1S/C14H13ClFNOS/c1-9-2-3-10(12(15)6-9)8-19(18)14-7-11(16)4-5-13(14)17/h2-7H,8,17H2,1H3. The summed E-state index contributed by atoms with van der Waals surface area (Å²) in [6.07, 6.45) is 0. The van der Waals surface area contributed by atoms with Gasteiger partial charge in [0.15, 0.2) is 0 Å². The second-order valence-electron chi connectivity index (χ2n) is 4.27. The zero-order chi connectivity index (χ0) is 14.0. The van der Waals surface area contributed by atoms with Crippen molar-refractivity contribution < 1.29 is 8.60 Å². The minimum absolute atomic E-state index is 0.215. The lowest BCUT2D eigenvalue weighted by Gasteiger charge is -2.08. The van der Waals surface area contributed by atoms with E-state index in [0.717, 1.165) is 11.1 Å². The van der Waals surface area contributed by atoms with E-state index in [1.807, 2.05) is 25.1 Å². The first-order chi connectivity index (χ1) is 8.97. The zero-order valence-corrected chi connectivity index (χ0v) is 11.9. The molecular formula is C14H13ClFNOS. The van der Waals surface area contributed by atoms with Crippen LogP contribution in [0, 0.1) is 12.7 Å². The number of hydrogen-bond donors (Lipinski definition) is 1. The first kappa shape index (κ1) is 14.0. The molecule has 100 valence electrons. The Hall–Kier alpha value is -1.39. The Kier molecular flexibility index (Phi) is 4.22. The van der Waals surface area contributed by atoms with Crippen LogP contribution in [0.15, 0.2) is 41.3 Å². The Labute approximate surface area is 118 Å². The lowest BCUT2D eigenvalue weighted by molar-refractivity contribution is 0.623. The lowest BCUT2D eigenvalue weighted by atomic mass is 10.2. The van der Waals surface area contributed by atoms with Gasteiger partial charge >= 0.3 is 0 Å². The van der Waals surface area contributed by atoms with Crippen LogP contribution in [0.4, 0.5) is 10.1 Å². The van der Waals surface area contributed by atoms with Crippen LogP contribution < -0.4 is 5.73 Å². The Bertz CT molecular complexity index is 645. The third-order valence-corrected chi connectivity index (χ3v) is 4.49. The number of benzene rings is 2. The first-order valence-corrected chi connectivity index (χ1v) is 7.35. The second kappa shape index (κ2) is 5.72. The van der Waals surface area contributed by atoms with Crippen molar-refractivity contribution in [2.75, 3.05) is 5.73 Å². The number of hydrogen-bond acceptors (Lipinski definition) is 2. The van der Waals surface area contributed by atoms with Gasteiger partial charge in [0.2, 0.25) is 0 Å². The van der Waals surface area contributed by atoms with Crippen LogP contribution in [0.3, 0.4) is 0 Å². The van der Waals surface area contributed by atoms with Gasteiger partial charge in [-0.2, -0.15) is 0 Å². The van der Waals surface area contributed by atoms with Crippen molar-refractivity contribution in [3.8, 4) is 0 Å². The number of anilines is 1. The number of aryl methyl sites for hydroxylation is 1. The molecule has 1 atom stereocenters. The van der Waals surface area contributed by atoms with Gasteiger partial charge in [-0.3, -0.25) is 4.21 Å². The highest BCUT2D eigenvalue weighted by molar-refractivity contribution is 7.84. The van der Waals surface area contributed by atoms with E-state index in [4.69, 9.17) is 17.3 Å². The van der Waals surface area contributed by atoms with E-state index in [2.05, 4.69) is 0 Å². The van der Waals surface area contributed by atoms with E-state index < -0.39 is 16.6 Å². The molecule has 0 aliphatic carbocycles. The topological polar surface area (TPSA) is 43.1 Å². The van der Waals surface area contributed by atoms with Crippen molar-refractivity contribution in [2.24, 2.45) is 0 Å². The highest BCUT2D eigenvalue weighted by Crippen LogP contribution is 2.24. The molecule has 0 spiro atoms. The van der Waals surface area contributed by atoms with Crippen LogP contribution in [0.2, 0.25) is 5.02 Å². The van der Waals surface area contributed by atoms with E-state index in [1.54, 1.807) is 0 Å². The zero-order valence-electron chi connectivity index (χ0n) is 10.3. The fourth-order valence-corrected chi connectivity index (χ4v) is 3.34. The first-order valence-electron chi connectivity index (χ1n) is 5.66. The van der Waals surface area contributed by atoms with E-state index in [1.165, 1.54) is 18.2 Å². The van der Waals surface area contributed by atoms with Crippen LogP contribution in [0.5, 0.6) is 0 Å². The van der Waals surface area contributed by atoms with Gasteiger partial charge in [-0.05, 0) is 42.3 Å². The third-order valence-electron chi connectivity index (χ3n) is 2.72. The predicted molar refractivity (Wildman–Crippen MR) is 77.1 cm³/mol. The summed E-state index contributed by atoms with van der Waals surface area (Å²) in [6.45, 7) is 1.93. The Morgan fingerprint density at radius 2 is 2.00 bits per heavy atom. The molecule has 0 amide bonds. The summed E-state index contributed by atoms with van der Waals surface area (Å²) >= 11 is 6.09. The molecule has 2 aromatic rings. The summed E-state index contributed by atoms with van der Waals surface area (Å²) in [6, 6.07) is 9.39. The van der Waals surface area contributed by atoms with Gasteiger partial charge in [-0.1, -0.05) is 23.7 Å². The van der Waals surface area contributed by atoms with Gasteiger partial charge in [0.1, 0.15) is 5.82 Å². The molecule has 2 aromatic carbocycles. The molecule has 2 nitrogen and oxygen atoms in total. The molecule has 0 aromatic heterocycles. The molecule has 0 aliphatic heterocycles. The van der Waals surface area contributed by atoms with Crippen molar-refractivity contribution in [2.45, 2.75) is 17.6 Å². The fourth-order valence-electron chi connectivity index (χ4n) is 1.69. The number of rotatable bonds is 3. The summed E-state index contributed by atoms with van der Waals surface area (Å²) < 4.78 is 25.4. The van der Waals surface area contributed by atoms with Crippen molar-refractivity contribution in [3.63, 3.8) is 0 Å². The molecule has 0 radical (unpaired) electrons. The fraction of sp³-hybridized carbons (Fsp3) is 0.143. The van der Waals surface area contributed by atoms with E-state index in [0.29, 0.717) is 15.6 Å². The predicted octanol–water partition coefficient (Wildman–Crippen LogP) is 3.68. The summed E-state index contributed by atoms with van der Waals surface area (Å²) in [5.74, 6) is -0.236. The van der Waals surface area contributed by atoms with Gasteiger partial charge in [0.05, 0.1) is 21.4 Å². The molecule has 5 heteroatoms. The molecular weight excluding hydrogens is 285 g/mol. The van der Waals surface area contributed by atoms with Crippen LogP contribution in [-0.4, -0.2) is 4.21 Å². The van der Waals surface area contributed by atoms with Gasteiger partial charge in [0.25, 0.3) is 0 Å². The molecule has 2 N–H and O–H groups in total. The van der Waals surface area contributed by atoms with Crippen LogP contribution in [0.25, 0.3) is 0 Å². The second-order valence-corrected chi connectivity index (χ2v) is 6.09. The summed E-state index contributed by atoms with van der Waals surface area (Å²) in [7, 11) is -1.42. The molecule has 0 bridgehead atoms.